The van der Waals surface area contributed by atoms with Gasteiger partial charge in [0.15, 0.2) is 0 Å². The normalized spacial score (nSPS) is 12.2. The second-order valence-electron chi connectivity index (χ2n) is 4.80. The third-order valence-corrected chi connectivity index (χ3v) is 3.24. The minimum absolute atomic E-state index is 0.268. The van der Waals surface area contributed by atoms with Crippen LogP contribution < -0.4 is 5.73 Å². The summed E-state index contributed by atoms with van der Waals surface area (Å²) in [5, 5.41) is 3.93. The first-order valence-corrected chi connectivity index (χ1v) is 6.87. The summed E-state index contributed by atoms with van der Waals surface area (Å²) in [6.45, 7) is 0. The number of nitrogens with two attached hydrogens (primary N) is 1. The second kappa shape index (κ2) is 6.28. The molecule has 0 aliphatic rings. The van der Waals surface area contributed by atoms with Crippen LogP contribution in [0, 0.1) is 0 Å². The molecule has 2 N–H and O–H groups in total. The molecule has 5 nitrogen and oxygen atoms in total. The quantitative estimate of drug-likeness (QED) is 0.777. The molecule has 21 heavy (non-hydrogen) atoms. The van der Waals surface area contributed by atoms with E-state index in [4.69, 9.17) is 10.3 Å². The predicted octanol–water partition coefficient (Wildman–Crippen LogP) is 2.76. The Labute approximate surface area is 122 Å². The zero-order valence-corrected chi connectivity index (χ0v) is 11.5. The van der Waals surface area contributed by atoms with Crippen LogP contribution in [0.4, 0.5) is 0 Å². The molecule has 0 aliphatic heterocycles. The summed E-state index contributed by atoms with van der Waals surface area (Å²) >= 11 is 0. The van der Waals surface area contributed by atoms with E-state index in [2.05, 4.69) is 27.3 Å². The Morgan fingerprint density at radius 2 is 1.86 bits per heavy atom. The summed E-state index contributed by atoms with van der Waals surface area (Å²) in [5.74, 6) is 0.923. The number of aryl methyl sites for hydroxylation is 1. The lowest BCUT2D eigenvalue weighted by Gasteiger charge is -2.06. The molecular weight excluding hydrogens is 264 g/mol. The van der Waals surface area contributed by atoms with E-state index in [0.29, 0.717) is 17.4 Å². The molecule has 1 aromatic carbocycles. The van der Waals surface area contributed by atoms with Crippen LogP contribution in [0.25, 0.3) is 11.5 Å². The van der Waals surface area contributed by atoms with Gasteiger partial charge in [0.2, 0.25) is 11.7 Å². The third kappa shape index (κ3) is 3.32. The highest BCUT2D eigenvalue weighted by Crippen LogP contribution is 2.18. The first-order chi connectivity index (χ1) is 10.3. The Morgan fingerprint density at radius 3 is 2.62 bits per heavy atom. The van der Waals surface area contributed by atoms with Crippen molar-refractivity contribution in [1.82, 2.24) is 15.1 Å². The van der Waals surface area contributed by atoms with Crippen molar-refractivity contribution in [2.45, 2.75) is 18.9 Å². The van der Waals surface area contributed by atoms with Crippen LogP contribution in [-0.4, -0.2) is 15.1 Å². The van der Waals surface area contributed by atoms with Crippen LogP contribution in [0.5, 0.6) is 0 Å². The lowest BCUT2D eigenvalue weighted by molar-refractivity contribution is 0.349. The maximum absolute atomic E-state index is 6.12. The molecule has 0 aliphatic carbocycles. The van der Waals surface area contributed by atoms with Crippen molar-refractivity contribution >= 4 is 0 Å². The van der Waals surface area contributed by atoms with Gasteiger partial charge in [-0.15, -0.1) is 0 Å². The first kappa shape index (κ1) is 13.5. The highest BCUT2D eigenvalue weighted by atomic mass is 16.5. The first-order valence-electron chi connectivity index (χ1n) is 6.87. The molecule has 0 spiro atoms. The highest BCUT2D eigenvalue weighted by Gasteiger charge is 2.16. The number of benzene rings is 1. The van der Waals surface area contributed by atoms with E-state index >= 15 is 0 Å². The highest BCUT2D eigenvalue weighted by molar-refractivity contribution is 5.47. The van der Waals surface area contributed by atoms with E-state index in [-0.39, 0.29) is 6.04 Å². The van der Waals surface area contributed by atoms with Crippen molar-refractivity contribution < 1.29 is 4.52 Å². The van der Waals surface area contributed by atoms with Gasteiger partial charge in [-0.2, -0.15) is 4.98 Å². The predicted molar refractivity (Wildman–Crippen MR) is 79.2 cm³/mol. The minimum atomic E-state index is -0.268. The van der Waals surface area contributed by atoms with E-state index in [9.17, 15) is 0 Å². The molecular formula is C16H16N4O. The number of rotatable bonds is 5. The Hall–Kier alpha value is -2.53. The zero-order valence-electron chi connectivity index (χ0n) is 11.5. The minimum Gasteiger partial charge on any atom is -0.337 e. The lowest BCUT2D eigenvalue weighted by Crippen LogP contribution is -2.11. The van der Waals surface area contributed by atoms with Crippen LogP contribution in [0.15, 0.2) is 59.3 Å². The van der Waals surface area contributed by atoms with Crippen molar-refractivity contribution in [3.8, 4) is 11.5 Å². The molecule has 0 amide bonds. The zero-order chi connectivity index (χ0) is 14.5. The number of hydrogen-bond donors (Lipinski definition) is 1. The van der Waals surface area contributed by atoms with Crippen LogP contribution in [0.3, 0.4) is 0 Å². The van der Waals surface area contributed by atoms with Gasteiger partial charge in [0.05, 0.1) is 6.04 Å². The molecule has 2 heterocycles. The van der Waals surface area contributed by atoms with Gasteiger partial charge in [0, 0.05) is 6.20 Å². The molecule has 3 aromatic rings. The van der Waals surface area contributed by atoms with Gasteiger partial charge < -0.3 is 10.3 Å². The van der Waals surface area contributed by atoms with E-state index < -0.39 is 0 Å². The summed E-state index contributed by atoms with van der Waals surface area (Å²) in [6.07, 6.45) is 3.33. The molecule has 3 rings (SSSR count). The molecule has 0 saturated carbocycles. The van der Waals surface area contributed by atoms with Gasteiger partial charge in [-0.3, -0.25) is 4.98 Å². The molecule has 2 aromatic heterocycles. The van der Waals surface area contributed by atoms with Crippen LogP contribution in [-0.2, 0) is 6.42 Å². The van der Waals surface area contributed by atoms with Gasteiger partial charge in [-0.25, -0.2) is 0 Å². The maximum Gasteiger partial charge on any atom is 0.243 e. The average Bonchev–Trinajstić information content (AvgIpc) is 3.04. The van der Waals surface area contributed by atoms with Gasteiger partial charge in [0.25, 0.3) is 0 Å². The van der Waals surface area contributed by atoms with Crippen molar-refractivity contribution in [3.63, 3.8) is 0 Å². The molecule has 0 radical (unpaired) electrons. The number of pyridine rings is 1. The fourth-order valence-electron chi connectivity index (χ4n) is 2.08. The second-order valence-corrected chi connectivity index (χ2v) is 4.80. The smallest absolute Gasteiger partial charge is 0.243 e. The number of nitrogens with zero attached hydrogens (tertiary/aromatic N) is 3. The standard InChI is InChI=1S/C16H16N4O/c17-13(10-9-12-6-2-1-3-7-12)16-19-15(20-21-16)14-8-4-5-11-18-14/h1-8,11,13H,9-10,17H2. The van der Waals surface area contributed by atoms with Crippen LogP contribution in [0.1, 0.15) is 23.9 Å². The molecule has 1 unspecified atom stereocenters. The van der Waals surface area contributed by atoms with Gasteiger partial charge in [-0.05, 0) is 30.5 Å². The van der Waals surface area contributed by atoms with E-state index in [0.717, 1.165) is 12.8 Å². The van der Waals surface area contributed by atoms with Crippen LogP contribution in [0.2, 0.25) is 0 Å². The topological polar surface area (TPSA) is 77.8 Å². The van der Waals surface area contributed by atoms with Crippen molar-refractivity contribution in [1.29, 1.82) is 0 Å². The molecule has 0 fully saturated rings. The molecule has 0 bridgehead atoms. The molecule has 5 heteroatoms. The van der Waals surface area contributed by atoms with E-state index in [1.54, 1.807) is 6.20 Å². The van der Waals surface area contributed by atoms with E-state index in [1.165, 1.54) is 5.56 Å². The Morgan fingerprint density at radius 1 is 1.05 bits per heavy atom. The number of hydrogen-bond acceptors (Lipinski definition) is 5. The van der Waals surface area contributed by atoms with Crippen molar-refractivity contribution in [2.24, 2.45) is 5.73 Å². The fourth-order valence-corrected chi connectivity index (χ4v) is 2.08. The SMILES string of the molecule is NC(CCc1ccccc1)c1nc(-c2ccccn2)no1. The summed E-state index contributed by atoms with van der Waals surface area (Å²) in [5.41, 5.74) is 8.05. The van der Waals surface area contributed by atoms with Gasteiger partial charge in [-0.1, -0.05) is 41.6 Å². The maximum atomic E-state index is 6.12. The van der Waals surface area contributed by atoms with Crippen LogP contribution >= 0.6 is 0 Å². The molecule has 0 saturated heterocycles. The fraction of sp³-hybridized carbons (Fsp3) is 0.188. The summed E-state index contributed by atoms with van der Waals surface area (Å²) in [6, 6.07) is 15.5. The lowest BCUT2D eigenvalue weighted by atomic mass is 10.1. The Kier molecular flexibility index (Phi) is 4.02. The summed E-state index contributed by atoms with van der Waals surface area (Å²) in [7, 11) is 0. The van der Waals surface area contributed by atoms with E-state index in [1.807, 2.05) is 36.4 Å². The Balaban J connectivity index is 1.66. The number of aromatic nitrogens is 3. The molecule has 106 valence electrons. The molecule has 1 atom stereocenters. The van der Waals surface area contributed by atoms with Gasteiger partial charge in [0.1, 0.15) is 5.69 Å². The van der Waals surface area contributed by atoms with Gasteiger partial charge >= 0.3 is 0 Å². The monoisotopic (exact) mass is 280 g/mol. The summed E-state index contributed by atoms with van der Waals surface area (Å²) in [4.78, 5) is 8.52. The largest absolute Gasteiger partial charge is 0.337 e. The summed E-state index contributed by atoms with van der Waals surface area (Å²) < 4.78 is 5.24. The Bertz CT molecular complexity index is 682. The van der Waals surface area contributed by atoms with Crippen molar-refractivity contribution in [2.75, 3.05) is 0 Å². The average molecular weight is 280 g/mol. The third-order valence-electron chi connectivity index (χ3n) is 3.24. The van der Waals surface area contributed by atoms with Crippen molar-refractivity contribution in [3.05, 3.63) is 66.2 Å².